The van der Waals surface area contributed by atoms with E-state index in [9.17, 15) is 4.79 Å². The zero-order valence-electron chi connectivity index (χ0n) is 14.8. The van der Waals surface area contributed by atoms with Crippen LogP contribution in [0.25, 0.3) is 0 Å². The molecule has 2 aromatic rings. The number of aromatic nitrogens is 2. The number of hydrogen-bond acceptors (Lipinski definition) is 4. The number of hydrogen-bond donors (Lipinski definition) is 1. The number of nitrogens with zero attached hydrogens (tertiary/aromatic N) is 3. The summed E-state index contributed by atoms with van der Waals surface area (Å²) in [5.41, 5.74) is 2.26. The predicted octanol–water partition coefficient (Wildman–Crippen LogP) is 3.11. The molecule has 0 saturated heterocycles. The number of halogens is 1. The van der Waals surface area contributed by atoms with Crippen molar-refractivity contribution in [3.8, 4) is 0 Å². The van der Waals surface area contributed by atoms with Gasteiger partial charge in [0.2, 0.25) is 11.9 Å². The third kappa shape index (κ3) is 3.61. The van der Waals surface area contributed by atoms with Gasteiger partial charge in [-0.1, -0.05) is 23.7 Å². The van der Waals surface area contributed by atoms with Gasteiger partial charge in [0, 0.05) is 31.9 Å². The van der Waals surface area contributed by atoms with Crippen molar-refractivity contribution >= 4 is 23.5 Å². The molecule has 1 unspecified atom stereocenters. The van der Waals surface area contributed by atoms with Crippen molar-refractivity contribution in [2.75, 3.05) is 19.0 Å². The Balaban J connectivity index is 1.84. The molecule has 1 aliphatic carbocycles. The largest absolute Gasteiger partial charge is 0.351 e. The van der Waals surface area contributed by atoms with E-state index >= 15 is 0 Å². The SMILES string of the molecule is CN(C)c1ncc2c(n1)C(C)(C(=O)NCc1cccc(Cl)c1)CCC2. The molecule has 1 aliphatic rings. The average molecular weight is 359 g/mol. The van der Waals surface area contributed by atoms with Crippen LogP contribution in [0.3, 0.4) is 0 Å². The van der Waals surface area contributed by atoms with Gasteiger partial charge in [-0.05, 0) is 49.4 Å². The molecule has 3 rings (SSSR count). The Labute approximate surface area is 153 Å². The van der Waals surface area contributed by atoms with Gasteiger partial charge in [-0.15, -0.1) is 0 Å². The Hall–Kier alpha value is -2.14. The van der Waals surface area contributed by atoms with Crippen LogP contribution in [0.2, 0.25) is 5.02 Å². The van der Waals surface area contributed by atoms with Crippen molar-refractivity contribution in [2.24, 2.45) is 0 Å². The second kappa shape index (κ2) is 7.00. The van der Waals surface area contributed by atoms with Crippen LogP contribution in [0.5, 0.6) is 0 Å². The van der Waals surface area contributed by atoms with Crippen LogP contribution in [0.1, 0.15) is 36.6 Å². The minimum Gasteiger partial charge on any atom is -0.351 e. The van der Waals surface area contributed by atoms with Gasteiger partial charge in [0.05, 0.1) is 11.1 Å². The molecule has 0 radical (unpaired) electrons. The van der Waals surface area contributed by atoms with E-state index in [-0.39, 0.29) is 5.91 Å². The lowest BCUT2D eigenvalue weighted by Gasteiger charge is -2.33. The molecule has 1 aromatic heterocycles. The van der Waals surface area contributed by atoms with Gasteiger partial charge >= 0.3 is 0 Å². The van der Waals surface area contributed by atoms with Crippen LogP contribution in [-0.2, 0) is 23.2 Å². The molecule has 0 spiro atoms. The molecule has 6 heteroatoms. The minimum absolute atomic E-state index is 0.00293. The first kappa shape index (κ1) is 17.7. The van der Waals surface area contributed by atoms with Gasteiger partial charge in [-0.3, -0.25) is 4.79 Å². The topological polar surface area (TPSA) is 58.1 Å². The first-order valence-electron chi connectivity index (χ1n) is 8.46. The molecule has 0 fully saturated rings. The zero-order valence-corrected chi connectivity index (χ0v) is 15.6. The van der Waals surface area contributed by atoms with Crippen LogP contribution >= 0.6 is 11.6 Å². The standard InChI is InChI=1S/C19H23ClN4O/c1-19(17(25)21-11-13-6-4-8-15(20)10-13)9-5-7-14-12-22-18(24(2)3)23-16(14)19/h4,6,8,10,12H,5,7,9,11H2,1-3H3,(H,21,25). The summed E-state index contributed by atoms with van der Waals surface area (Å²) >= 11 is 6.02. The van der Waals surface area contributed by atoms with Crippen molar-refractivity contribution in [1.82, 2.24) is 15.3 Å². The minimum atomic E-state index is -0.639. The van der Waals surface area contributed by atoms with E-state index < -0.39 is 5.41 Å². The van der Waals surface area contributed by atoms with E-state index in [1.165, 1.54) is 0 Å². The zero-order chi connectivity index (χ0) is 18.0. The highest BCUT2D eigenvalue weighted by atomic mass is 35.5. The molecule has 5 nitrogen and oxygen atoms in total. The molecule has 0 bridgehead atoms. The molecule has 132 valence electrons. The Morgan fingerprint density at radius 2 is 2.20 bits per heavy atom. The summed E-state index contributed by atoms with van der Waals surface area (Å²) in [6.07, 6.45) is 4.52. The smallest absolute Gasteiger partial charge is 0.232 e. The van der Waals surface area contributed by atoms with E-state index in [2.05, 4.69) is 15.3 Å². The second-order valence-electron chi connectivity index (χ2n) is 6.94. The number of nitrogens with one attached hydrogen (secondary N) is 1. The molecule has 0 aliphatic heterocycles. The van der Waals surface area contributed by atoms with Crippen molar-refractivity contribution in [2.45, 2.75) is 38.1 Å². The van der Waals surface area contributed by atoms with Crippen LogP contribution in [-0.4, -0.2) is 30.0 Å². The van der Waals surface area contributed by atoms with Crippen LogP contribution in [0.4, 0.5) is 5.95 Å². The Morgan fingerprint density at radius 1 is 1.40 bits per heavy atom. The van der Waals surface area contributed by atoms with Crippen LogP contribution < -0.4 is 10.2 Å². The van der Waals surface area contributed by atoms with Gasteiger partial charge in [-0.2, -0.15) is 0 Å². The Kier molecular flexibility index (Phi) is 4.95. The van der Waals surface area contributed by atoms with Crippen LogP contribution in [0.15, 0.2) is 30.5 Å². The number of carbonyl (C=O) groups is 1. The summed E-state index contributed by atoms with van der Waals surface area (Å²) in [5.74, 6) is 0.631. The summed E-state index contributed by atoms with van der Waals surface area (Å²) < 4.78 is 0. The lowest BCUT2D eigenvalue weighted by Crippen LogP contribution is -2.45. The Morgan fingerprint density at radius 3 is 2.92 bits per heavy atom. The molecule has 1 atom stereocenters. The monoisotopic (exact) mass is 358 g/mol. The van der Waals surface area contributed by atoms with Gasteiger partial charge in [0.25, 0.3) is 0 Å². The summed E-state index contributed by atoms with van der Waals surface area (Å²) in [6, 6.07) is 7.53. The van der Waals surface area contributed by atoms with Gasteiger partial charge in [-0.25, -0.2) is 9.97 Å². The molecule has 1 N–H and O–H groups in total. The average Bonchev–Trinajstić information content (AvgIpc) is 2.59. The number of anilines is 1. The predicted molar refractivity (Wildman–Crippen MR) is 99.9 cm³/mol. The van der Waals surface area contributed by atoms with Crippen molar-refractivity contribution < 1.29 is 4.79 Å². The van der Waals surface area contributed by atoms with Crippen LogP contribution in [0, 0.1) is 0 Å². The maximum absolute atomic E-state index is 13.0. The maximum atomic E-state index is 13.0. The quantitative estimate of drug-likeness (QED) is 0.912. The van der Waals surface area contributed by atoms with E-state index in [1.54, 1.807) is 0 Å². The van der Waals surface area contributed by atoms with Crippen molar-refractivity contribution in [3.05, 3.63) is 52.3 Å². The molecule has 0 saturated carbocycles. The molecular weight excluding hydrogens is 336 g/mol. The maximum Gasteiger partial charge on any atom is 0.232 e. The number of rotatable bonds is 4. The summed E-state index contributed by atoms with van der Waals surface area (Å²) in [6.45, 7) is 2.43. The number of fused-ring (bicyclic) bond motifs is 1. The Bertz CT molecular complexity index is 793. The number of amides is 1. The van der Waals surface area contributed by atoms with E-state index in [0.717, 1.165) is 36.1 Å². The second-order valence-corrected chi connectivity index (χ2v) is 7.37. The molecule has 25 heavy (non-hydrogen) atoms. The number of carbonyl (C=O) groups excluding carboxylic acids is 1. The molecule has 1 heterocycles. The van der Waals surface area contributed by atoms with Crippen molar-refractivity contribution in [3.63, 3.8) is 0 Å². The highest BCUT2D eigenvalue weighted by Crippen LogP contribution is 2.36. The third-order valence-electron chi connectivity index (χ3n) is 4.74. The van der Waals surface area contributed by atoms with Gasteiger partial charge in [0.1, 0.15) is 0 Å². The van der Waals surface area contributed by atoms with Gasteiger partial charge < -0.3 is 10.2 Å². The number of benzene rings is 1. The summed E-state index contributed by atoms with van der Waals surface area (Å²) in [4.78, 5) is 23.9. The van der Waals surface area contributed by atoms with Crippen molar-refractivity contribution in [1.29, 1.82) is 0 Å². The molecule has 1 aromatic carbocycles. The number of aryl methyl sites for hydroxylation is 1. The highest BCUT2D eigenvalue weighted by Gasteiger charge is 2.40. The summed E-state index contributed by atoms with van der Waals surface area (Å²) in [7, 11) is 3.81. The fourth-order valence-electron chi connectivity index (χ4n) is 3.27. The summed E-state index contributed by atoms with van der Waals surface area (Å²) in [5, 5.41) is 3.73. The van der Waals surface area contributed by atoms with E-state index in [4.69, 9.17) is 11.6 Å². The molecule has 1 amide bonds. The highest BCUT2D eigenvalue weighted by molar-refractivity contribution is 6.30. The molecular formula is C19H23ClN4O. The first-order valence-corrected chi connectivity index (χ1v) is 8.84. The lowest BCUT2D eigenvalue weighted by molar-refractivity contribution is -0.127. The first-order chi connectivity index (χ1) is 11.9. The lowest BCUT2D eigenvalue weighted by atomic mass is 9.74. The van der Waals surface area contributed by atoms with Gasteiger partial charge in [0.15, 0.2) is 0 Å². The van der Waals surface area contributed by atoms with E-state index in [0.29, 0.717) is 17.5 Å². The fraction of sp³-hybridized carbons (Fsp3) is 0.421. The normalized spacial score (nSPS) is 19.2. The van der Waals surface area contributed by atoms with E-state index in [1.807, 2.05) is 56.4 Å². The fourth-order valence-corrected chi connectivity index (χ4v) is 3.48. The third-order valence-corrected chi connectivity index (χ3v) is 4.98.